The molecule has 82 valence electrons. The number of nitrogens with one attached hydrogen (secondary N) is 2. The molecule has 0 aromatic rings. The Bertz CT molecular complexity index is 311. The Hall–Kier alpha value is -0.620. The fraction of sp³-hybridized carbons (Fsp3) is 0.875. The topological polar surface area (TPSA) is 75.3 Å². The van der Waals surface area contributed by atoms with Crippen LogP contribution in [0.2, 0.25) is 0 Å². The fourth-order valence-corrected chi connectivity index (χ4v) is 2.11. The SMILES string of the molecule is CC(C)S(=O)(=O)NC1CCCNC1=O. The molecule has 0 saturated carbocycles. The van der Waals surface area contributed by atoms with E-state index in [2.05, 4.69) is 10.0 Å². The minimum atomic E-state index is -3.34. The molecule has 0 bridgehead atoms. The van der Waals surface area contributed by atoms with Crippen LogP contribution >= 0.6 is 0 Å². The molecule has 1 atom stereocenters. The zero-order chi connectivity index (χ0) is 10.8. The van der Waals surface area contributed by atoms with Crippen LogP contribution in [0.15, 0.2) is 0 Å². The van der Waals surface area contributed by atoms with Crippen molar-refractivity contribution >= 4 is 15.9 Å². The van der Waals surface area contributed by atoms with Gasteiger partial charge in [-0.15, -0.1) is 0 Å². The Morgan fingerprint density at radius 3 is 2.64 bits per heavy atom. The third-order valence-electron chi connectivity index (χ3n) is 2.21. The van der Waals surface area contributed by atoms with Crippen LogP contribution in [0.1, 0.15) is 26.7 Å². The van der Waals surface area contributed by atoms with Crippen LogP contribution in [0, 0.1) is 0 Å². The second-order valence-corrected chi connectivity index (χ2v) is 5.97. The molecule has 1 unspecified atom stereocenters. The monoisotopic (exact) mass is 220 g/mol. The zero-order valence-corrected chi connectivity index (χ0v) is 9.23. The maximum absolute atomic E-state index is 11.5. The van der Waals surface area contributed by atoms with Crippen LogP contribution in [0.3, 0.4) is 0 Å². The maximum atomic E-state index is 11.5. The van der Waals surface area contributed by atoms with E-state index in [1.165, 1.54) is 0 Å². The highest BCUT2D eigenvalue weighted by Gasteiger charge is 2.27. The maximum Gasteiger partial charge on any atom is 0.238 e. The second kappa shape index (κ2) is 4.27. The van der Waals surface area contributed by atoms with E-state index in [1.54, 1.807) is 13.8 Å². The minimum absolute atomic E-state index is 0.222. The lowest BCUT2D eigenvalue weighted by atomic mass is 10.1. The van der Waals surface area contributed by atoms with E-state index in [1.807, 2.05) is 0 Å². The molecule has 1 saturated heterocycles. The first-order chi connectivity index (χ1) is 6.43. The average Bonchev–Trinajstić information content (AvgIpc) is 2.08. The van der Waals surface area contributed by atoms with Crippen molar-refractivity contribution in [1.82, 2.24) is 10.0 Å². The lowest BCUT2D eigenvalue weighted by molar-refractivity contribution is -0.124. The Morgan fingerprint density at radius 1 is 1.50 bits per heavy atom. The predicted molar refractivity (Wildman–Crippen MR) is 53.2 cm³/mol. The van der Waals surface area contributed by atoms with Crippen molar-refractivity contribution in [2.45, 2.75) is 38.0 Å². The Balaban J connectivity index is 2.63. The van der Waals surface area contributed by atoms with Crippen molar-refractivity contribution in [1.29, 1.82) is 0 Å². The summed E-state index contributed by atoms with van der Waals surface area (Å²) in [5.41, 5.74) is 0. The van der Waals surface area contributed by atoms with E-state index in [9.17, 15) is 13.2 Å². The number of hydrogen-bond acceptors (Lipinski definition) is 3. The van der Waals surface area contributed by atoms with Crippen LogP contribution < -0.4 is 10.0 Å². The molecule has 0 aliphatic carbocycles. The van der Waals surface area contributed by atoms with Crippen LogP contribution in [0.5, 0.6) is 0 Å². The largest absolute Gasteiger partial charge is 0.355 e. The number of hydrogen-bond donors (Lipinski definition) is 2. The molecule has 1 amide bonds. The summed E-state index contributed by atoms with van der Waals surface area (Å²) < 4.78 is 25.3. The van der Waals surface area contributed by atoms with E-state index in [0.717, 1.165) is 6.42 Å². The van der Waals surface area contributed by atoms with Crippen molar-refractivity contribution in [2.24, 2.45) is 0 Å². The van der Waals surface area contributed by atoms with Crippen molar-refractivity contribution in [3.63, 3.8) is 0 Å². The van der Waals surface area contributed by atoms with Gasteiger partial charge in [0.1, 0.15) is 6.04 Å². The molecule has 0 aromatic heterocycles. The molecule has 0 aromatic carbocycles. The molecule has 1 rings (SSSR count). The number of carbonyl (C=O) groups excluding carboxylic acids is 1. The van der Waals surface area contributed by atoms with Gasteiger partial charge in [0.05, 0.1) is 5.25 Å². The molecule has 1 aliphatic heterocycles. The predicted octanol–water partition coefficient (Wildman–Crippen LogP) is -0.407. The van der Waals surface area contributed by atoms with Crippen LogP contribution in [-0.2, 0) is 14.8 Å². The Kier molecular flexibility index (Phi) is 3.49. The summed E-state index contributed by atoms with van der Waals surface area (Å²) in [6, 6.07) is -0.587. The fourth-order valence-electron chi connectivity index (χ4n) is 1.22. The number of sulfonamides is 1. The molecule has 1 heterocycles. The van der Waals surface area contributed by atoms with Gasteiger partial charge in [-0.05, 0) is 26.7 Å². The van der Waals surface area contributed by atoms with E-state index < -0.39 is 21.3 Å². The molecule has 0 radical (unpaired) electrons. The van der Waals surface area contributed by atoms with Gasteiger partial charge in [-0.1, -0.05) is 0 Å². The summed E-state index contributed by atoms with van der Waals surface area (Å²) in [6.45, 7) is 3.81. The smallest absolute Gasteiger partial charge is 0.238 e. The summed E-state index contributed by atoms with van der Waals surface area (Å²) in [7, 11) is -3.34. The van der Waals surface area contributed by atoms with Gasteiger partial charge in [0.15, 0.2) is 0 Å². The van der Waals surface area contributed by atoms with E-state index in [-0.39, 0.29) is 5.91 Å². The summed E-state index contributed by atoms with van der Waals surface area (Å²) in [4.78, 5) is 11.3. The molecule has 5 nitrogen and oxygen atoms in total. The van der Waals surface area contributed by atoms with Gasteiger partial charge in [-0.2, -0.15) is 0 Å². The number of piperidine rings is 1. The van der Waals surface area contributed by atoms with Gasteiger partial charge >= 0.3 is 0 Å². The zero-order valence-electron chi connectivity index (χ0n) is 8.41. The lowest BCUT2D eigenvalue weighted by Gasteiger charge is -2.23. The van der Waals surface area contributed by atoms with Gasteiger partial charge < -0.3 is 5.32 Å². The van der Waals surface area contributed by atoms with Gasteiger partial charge in [-0.3, -0.25) is 4.79 Å². The molecule has 2 N–H and O–H groups in total. The van der Waals surface area contributed by atoms with Crippen molar-refractivity contribution < 1.29 is 13.2 Å². The van der Waals surface area contributed by atoms with Gasteiger partial charge in [-0.25, -0.2) is 13.1 Å². The van der Waals surface area contributed by atoms with Crippen LogP contribution in [-0.4, -0.2) is 32.2 Å². The molecule has 6 heteroatoms. The minimum Gasteiger partial charge on any atom is -0.355 e. The van der Waals surface area contributed by atoms with E-state index in [4.69, 9.17) is 0 Å². The highest BCUT2D eigenvalue weighted by molar-refractivity contribution is 7.90. The number of amides is 1. The third kappa shape index (κ3) is 2.68. The summed E-state index contributed by atoms with van der Waals surface area (Å²) in [5, 5.41) is 2.13. The van der Waals surface area contributed by atoms with Gasteiger partial charge in [0.2, 0.25) is 15.9 Å². The second-order valence-electron chi connectivity index (χ2n) is 3.70. The lowest BCUT2D eigenvalue weighted by Crippen LogP contribution is -2.51. The third-order valence-corrected chi connectivity index (χ3v) is 4.07. The molecule has 0 spiro atoms. The first-order valence-corrected chi connectivity index (χ1v) is 6.27. The molecule has 1 aliphatic rings. The van der Waals surface area contributed by atoms with Gasteiger partial charge in [0, 0.05) is 6.54 Å². The quantitative estimate of drug-likeness (QED) is 0.679. The molecule has 1 fully saturated rings. The average molecular weight is 220 g/mol. The highest BCUT2D eigenvalue weighted by atomic mass is 32.2. The number of carbonyl (C=O) groups is 1. The van der Waals surface area contributed by atoms with E-state index in [0.29, 0.717) is 13.0 Å². The standard InChI is InChI=1S/C8H16N2O3S/c1-6(2)14(12,13)10-7-4-3-5-9-8(7)11/h6-7,10H,3-5H2,1-2H3,(H,9,11). The van der Waals surface area contributed by atoms with Crippen LogP contribution in [0.4, 0.5) is 0 Å². The normalized spacial score (nSPS) is 23.6. The summed E-state index contributed by atoms with van der Waals surface area (Å²) >= 11 is 0. The highest BCUT2D eigenvalue weighted by Crippen LogP contribution is 2.06. The summed E-state index contributed by atoms with van der Waals surface area (Å²) in [6.07, 6.45) is 1.40. The van der Waals surface area contributed by atoms with Crippen LogP contribution in [0.25, 0.3) is 0 Å². The van der Waals surface area contributed by atoms with Crippen molar-refractivity contribution in [2.75, 3.05) is 6.54 Å². The first kappa shape index (κ1) is 11.5. The number of rotatable bonds is 3. The van der Waals surface area contributed by atoms with Crippen molar-refractivity contribution in [3.8, 4) is 0 Å². The Morgan fingerprint density at radius 2 is 2.14 bits per heavy atom. The molecule has 14 heavy (non-hydrogen) atoms. The van der Waals surface area contributed by atoms with Gasteiger partial charge in [0.25, 0.3) is 0 Å². The Labute approximate surface area is 84.3 Å². The first-order valence-electron chi connectivity index (χ1n) is 4.72. The molecular weight excluding hydrogens is 204 g/mol. The van der Waals surface area contributed by atoms with Crippen molar-refractivity contribution in [3.05, 3.63) is 0 Å². The summed E-state index contributed by atoms with van der Waals surface area (Å²) in [5.74, 6) is -0.222. The molecular formula is C8H16N2O3S. The van der Waals surface area contributed by atoms with E-state index >= 15 is 0 Å².